The van der Waals surface area contributed by atoms with Crippen molar-refractivity contribution in [3.8, 4) is 11.5 Å². The molecule has 1 aromatic carbocycles. The number of rotatable bonds is 10. The van der Waals surface area contributed by atoms with Crippen LogP contribution in [0.15, 0.2) is 30.6 Å². The predicted molar refractivity (Wildman–Crippen MR) is 117 cm³/mol. The molecule has 0 amide bonds. The third-order valence-corrected chi connectivity index (χ3v) is 5.84. The molecule has 0 radical (unpaired) electrons. The van der Waals surface area contributed by atoms with E-state index in [1.807, 2.05) is 54.1 Å². The van der Waals surface area contributed by atoms with Gasteiger partial charge in [-0.05, 0) is 24.7 Å². The highest BCUT2D eigenvalue weighted by atomic mass is 32.2. The van der Waals surface area contributed by atoms with Gasteiger partial charge in [-0.2, -0.15) is 16.9 Å². The van der Waals surface area contributed by atoms with Gasteiger partial charge in [0.2, 0.25) is 0 Å². The van der Waals surface area contributed by atoms with Crippen LogP contribution in [0.5, 0.6) is 11.5 Å². The predicted octanol–water partition coefficient (Wildman–Crippen LogP) is 1.85. The highest BCUT2D eigenvalue weighted by molar-refractivity contribution is 7.99. The van der Waals surface area contributed by atoms with Crippen LogP contribution in [0.4, 0.5) is 0 Å². The zero-order chi connectivity index (χ0) is 20.6. The number of thioether (sulfide) groups is 1. The molecule has 1 aliphatic rings. The van der Waals surface area contributed by atoms with Crippen molar-refractivity contribution < 1.29 is 14.6 Å². The molecular weight excluding hydrogens is 388 g/mol. The van der Waals surface area contributed by atoms with Gasteiger partial charge in [-0.1, -0.05) is 6.07 Å². The molecule has 2 heterocycles. The number of hydrogen-bond acceptors (Lipinski definition) is 7. The number of benzene rings is 1. The summed E-state index contributed by atoms with van der Waals surface area (Å²) in [6.07, 6.45) is 3.41. The van der Waals surface area contributed by atoms with Gasteiger partial charge >= 0.3 is 0 Å². The molecule has 7 nitrogen and oxygen atoms in total. The first kappa shape index (κ1) is 22.0. The van der Waals surface area contributed by atoms with E-state index in [1.54, 1.807) is 7.11 Å². The van der Waals surface area contributed by atoms with Crippen molar-refractivity contribution in [3.63, 3.8) is 0 Å². The van der Waals surface area contributed by atoms with Gasteiger partial charge in [0.15, 0.2) is 11.5 Å². The van der Waals surface area contributed by atoms with Gasteiger partial charge < -0.3 is 14.6 Å². The Kier molecular flexibility index (Phi) is 8.23. The second kappa shape index (κ2) is 10.9. The molecule has 1 fully saturated rings. The summed E-state index contributed by atoms with van der Waals surface area (Å²) in [4.78, 5) is 4.52. The van der Waals surface area contributed by atoms with E-state index in [0.29, 0.717) is 18.0 Å². The number of aromatic nitrogens is 2. The largest absolute Gasteiger partial charge is 0.493 e. The molecule has 0 saturated carbocycles. The number of β-amino-alcohol motifs (C(OH)–C–C–N with tert-alkyl or cyclic N) is 1. The summed E-state index contributed by atoms with van der Waals surface area (Å²) in [5, 5.41) is 14.5. The molecule has 2 aromatic rings. The second-order valence-corrected chi connectivity index (χ2v) is 8.78. The number of aliphatic hydroxyl groups excluding tert-OH is 1. The average molecular weight is 421 g/mol. The average Bonchev–Trinajstić information content (AvgIpc) is 3.12. The first-order valence-electron chi connectivity index (χ1n) is 9.97. The van der Waals surface area contributed by atoms with E-state index in [-0.39, 0.29) is 6.61 Å². The van der Waals surface area contributed by atoms with E-state index in [2.05, 4.69) is 21.9 Å². The molecule has 1 N–H and O–H groups in total. The summed E-state index contributed by atoms with van der Waals surface area (Å²) in [5.41, 5.74) is 2.33. The van der Waals surface area contributed by atoms with E-state index >= 15 is 0 Å². The first-order valence-corrected chi connectivity index (χ1v) is 11.1. The fourth-order valence-corrected chi connectivity index (χ4v) is 4.46. The summed E-state index contributed by atoms with van der Waals surface area (Å²) in [5.74, 6) is 3.63. The minimum Gasteiger partial charge on any atom is -0.493 e. The van der Waals surface area contributed by atoms with E-state index < -0.39 is 6.10 Å². The SMILES string of the molecule is COc1cc(CN(C)Cc2cnn(C)c2)ccc1OC[C@H](O)CN1CCSCC1. The Morgan fingerprint density at radius 3 is 2.66 bits per heavy atom. The molecule has 0 unspecified atom stereocenters. The van der Waals surface area contributed by atoms with Gasteiger partial charge in [0, 0.05) is 63.0 Å². The van der Waals surface area contributed by atoms with Crippen molar-refractivity contribution in [3.05, 3.63) is 41.7 Å². The summed E-state index contributed by atoms with van der Waals surface area (Å²) in [7, 11) is 5.65. The number of methoxy groups -OCH3 is 1. The van der Waals surface area contributed by atoms with Crippen LogP contribution in [0.25, 0.3) is 0 Å². The second-order valence-electron chi connectivity index (χ2n) is 7.56. The quantitative estimate of drug-likeness (QED) is 0.629. The Balaban J connectivity index is 1.51. The van der Waals surface area contributed by atoms with Crippen LogP contribution in [0.1, 0.15) is 11.1 Å². The first-order chi connectivity index (χ1) is 14.0. The third-order valence-electron chi connectivity index (χ3n) is 4.90. The minimum atomic E-state index is -0.506. The molecule has 0 aliphatic carbocycles. The van der Waals surface area contributed by atoms with Crippen molar-refractivity contribution in [2.45, 2.75) is 19.2 Å². The Morgan fingerprint density at radius 1 is 1.21 bits per heavy atom. The number of ether oxygens (including phenoxy) is 2. The maximum atomic E-state index is 10.3. The van der Waals surface area contributed by atoms with Crippen LogP contribution in [0.2, 0.25) is 0 Å². The van der Waals surface area contributed by atoms with Gasteiger partial charge in [0.05, 0.1) is 13.3 Å². The lowest BCUT2D eigenvalue weighted by atomic mass is 10.2. The third kappa shape index (κ3) is 6.92. The molecule has 29 heavy (non-hydrogen) atoms. The summed E-state index contributed by atoms with van der Waals surface area (Å²) in [6.45, 7) is 4.61. The van der Waals surface area contributed by atoms with Crippen molar-refractivity contribution in [2.75, 3.05) is 51.9 Å². The molecule has 1 aromatic heterocycles. The van der Waals surface area contributed by atoms with Gasteiger partial charge in [-0.25, -0.2) is 0 Å². The fourth-order valence-electron chi connectivity index (χ4n) is 3.48. The highest BCUT2D eigenvalue weighted by Crippen LogP contribution is 2.29. The van der Waals surface area contributed by atoms with Crippen molar-refractivity contribution in [1.29, 1.82) is 0 Å². The monoisotopic (exact) mass is 420 g/mol. The van der Waals surface area contributed by atoms with E-state index in [0.717, 1.165) is 43.2 Å². The molecule has 1 aliphatic heterocycles. The van der Waals surface area contributed by atoms with E-state index in [9.17, 15) is 5.11 Å². The highest BCUT2D eigenvalue weighted by Gasteiger charge is 2.16. The molecule has 160 valence electrons. The van der Waals surface area contributed by atoms with Crippen LogP contribution in [0, 0.1) is 0 Å². The molecule has 3 rings (SSSR count). The van der Waals surface area contributed by atoms with Crippen molar-refractivity contribution in [2.24, 2.45) is 7.05 Å². The van der Waals surface area contributed by atoms with Crippen LogP contribution >= 0.6 is 11.8 Å². The topological polar surface area (TPSA) is 63.0 Å². The van der Waals surface area contributed by atoms with Gasteiger partial charge in [-0.3, -0.25) is 14.5 Å². The molecule has 1 saturated heterocycles. The van der Waals surface area contributed by atoms with Crippen molar-refractivity contribution >= 4 is 11.8 Å². The van der Waals surface area contributed by atoms with Gasteiger partial charge in [-0.15, -0.1) is 0 Å². The number of aliphatic hydroxyl groups is 1. The van der Waals surface area contributed by atoms with Crippen LogP contribution < -0.4 is 9.47 Å². The van der Waals surface area contributed by atoms with Crippen LogP contribution in [-0.4, -0.2) is 82.7 Å². The number of nitrogens with zero attached hydrogens (tertiary/aromatic N) is 4. The Morgan fingerprint density at radius 2 is 1.97 bits per heavy atom. The lowest BCUT2D eigenvalue weighted by Gasteiger charge is -2.28. The normalized spacial score (nSPS) is 16.2. The molecule has 8 heteroatoms. The lowest BCUT2D eigenvalue weighted by molar-refractivity contribution is 0.0704. The maximum Gasteiger partial charge on any atom is 0.161 e. The standard InChI is InChI=1S/C21H32N4O3S/c1-23(13-18-11-22-24(2)14-18)12-17-4-5-20(21(10-17)27-3)28-16-19(26)15-25-6-8-29-9-7-25/h4-5,10-11,14,19,26H,6-9,12-13,15-16H2,1-3H3/t19-/m1/s1. The minimum absolute atomic E-state index is 0.264. The number of aryl methyl sites for hydroxylation is 1. The van der Waals surface area contributed by atoms with E-state index in [4.69, 9.17) is 9.47 Å². The zero-order valence-electron chi connectivity index (χ0n) is 17.6. The smallest absolute Gasteiger partial charge is 0.161 e. The zero-order valence-corrected chi connectivity index (χ0v) is 18.4. The Labute approximate surface area is 177 Å². The maximum absolute atomic E-state index is 10.3. The van der Waals surface area contributed by atoms with Gasteiger partial charge in [0.1, 0.15) is 12.7 Å². The summed E-state index contributed by atoms with van der Waals surface area (Å²) >= 11 is 1.97. The summed E-state index contributed by atoms with van der Waals surface area (Å²) < 4.78 is 13.2. The molecule has 0 spiro atoms. The van der Waals surface area contributed by atoms with Crippen LogP contribution in [-0.2, 0) is 20.1 Å². The molecule has 0 bridgehead atoms. The fraction of sp³-hybridized carbons (Fsp3) is 0.571. The lowest BCUT2D eigenvalue weighted by Crippen LogP contribution is -2.40. The van der Waals surface area contributed by atoms with E-state index in [1.165, 1.54) is 5.56 Å². The van der Waals surface area contributed by atoms with Crippen molar-refractivity contribution in [1.82, 2.24) is 19.6 Å². The molecular formula is C21H32N4O3S. The molecule has 1 atom stereocenters. The summed E-state index contributed by atoms with van der Waals surface area (Å²) in [6, 6.07) is 5.98. The van der Waals surface area contributed by atoms with Crippen LogP contribution in [0.3, 0.4) is 0 Å². The Bertz CT molecular complexity index is 764. The Hall–Kier alpha value is -1.74. The van der Waals surface area contributed by atoms with Gasteiger partial charge in [0.25, 0.3) is 0 Å². The number of hydrogen-bond donors (Lipinski definition) is 1.